The number of hydrogen-bond acceptors (Lipinski definition) is 5. The monoisotopic (exact) mass is 322 g/mol. The van der Waals surface area contributed by atoms with E-state index in [-0.39, 0.29) is 11.5 Å². The van der Waals surface area contributed by atoms with Gasteiger partial charge in [0.05, 0.1) is 6.61 Å². The molecule has 1 fully saturated rings. The van der Waals surface area contributed by atoms with Crippen LogP contribution in [0.4, 0.5) is 0 Å². The second-order valence-corrected chi connectivity index (χ2v) is 5.76. The molecule has 1 amide bonds. The van der Waals surface area contributed by atoms with E-state index in [4.69, 9.17) is 4.74 Å². The zero-order valence-electron chi connectivity index (χ0n) is 14.0. The Bertz CT molecular complexity index is 573. The van der Waals surface area contributed by atoms with E-state index in [9.17, 15) is 9.59 Å². The van der Waals surface area contributed by atoms with Crippen molar-refractivity contribution in [3.05, 3.63) is 28.2 Å². The maximum atomic E-state index is 12.6. The normalized spacial score (nSPS) is 16.3. The van der Waals surface area contributed by atoms with Crippen molar-refractivity contribution in [2.24, 2.45) is 0 Å². The Labute approximate surface area is 136 Å². The largest absolute Gasteiger partial charge is 0.383 e. The summed E-state index contributed by atoms with van der Waals surface area (Å²) in [5.74, 6) is -0.0940. The van der Waals surface area contributed by atoms with Gasteiger partial charge in [-0.1, -0.05) is 6.92 Å². The van der Waals surface area contributed by atoms with E-state index in [1.807, 2.05) is 11.8 Å². The van der Waals surface area contributed by atoms with Crippen LogP contribution in [0.2, 0.25) is 0 Å². The van der Waals surface area contributed by atoms with E-state index in [0.717, 1.165) is 39.0 Å². The Kier molecular flexibility index (Phi) is 6.73. The zero-order valence-corrected chi connectivity index (χ0v) is 14.0. The molecule has 23 heavy (non-hydrogen) atoms. The van der Waals surface area contributed by atoms with Crippen LogP contribution in [0.1, 0.15) is 30.3 Å². The Morgan fingerprint density at radius 3 is 2.78 bits per heavy atom. The van der Waals surface area contributed by atoms with Gasteiger partial charge in [0, 0.05) is 45.9 Å². The first-order chi connectivity index (χ1) is 11.2. The number of nitrogens with zero attached hydrogens (tertiary/aromatic N) is 4. The number of aryl methyl sites for hydroxylation is 1. The number of methoxy groups -OCH3 is 1. The van der Waals surface area contributed by atoms with Crippen molar-refractivity contribution in [1.29, 1.82) is 0 Å². The minimum absolute atomic E-state index is 0.0940. The van der Waals surface area contributed by atoms with Crippen LogP contribution in [0.15, 0.2) is 16.9 Å². The van der Waals surface area contributed by atoms with Gasteiger partial charge in [0.1, 0.15) is 5.69 Å². The summed E-state index contributed by atoms with van der Waals surface area (Å²) in [6.07, 6.45) is 1.74. The fourth-order valence-corrected chi connectivity index (χ4v) is 2.71. The maximum Gasteiger partial charge on any atom is 0.274 e. The molecule has 0 N–H and O–H groups in total. The summed E-state index contributed by atoms with van der Waals surface area (Å²) in [7, 11) is 1.70. The third-order valence-electron chi connectivity index (χ3n) is 4.01. The van der Waals surface area contributed by atoms with Crippen molar-refractivity contribution >= 4 is 5.91 Å². The van der Waals surface area contributed by atoms with E-state index in [1.165, 1.54) is 16.8 Å². The molecule has 0 aromatic carbocycles. The van der Waals surface area contributed by atoms with Gasteiger partial charge >= 0.3 is 0 Å². The van der Waals surface area contributed by atoms with Crippen LogP contribution in [0.25, 0.3) is 0 Å². The number of aromatic nitrogens is 2. The molecule has 1 aliphatic heterocycles. The fraction of sp³-hybridized carbons (Fsp3) is 0.688. The molecule has 0 spiro atoms. The van der Waals surface area contributed by atoms with Gasteiger partial charge in [0.15, 0.2) is 0 Å². The Hall–Kier alpha value is -1.73. The second-order valence-electron chi connectivity index (χ2n) is 5.76. The van der Waals surface area contributed by atoms with Crippen molar-refractivity contribution < 1.29 is 9.53 Å². The SMILES string of the molecule is CCCn1nc(C(=O)N2CCCN(CCOC)CC2)ccc1=O. The highest BCUT2D eigenvalue weighted by atomic mass is 16.5. The summed E-state index contributed by atoms with van der Waals surface area (Å²) in [5.41, 5.74) is 0.188. The second kappa shape index (κ2) is 8.79. The van der Waals surface area contributed by atoms with Crippen LogP contribution in [-0.2, 0) is 11.3 Å². The smallest absolute Gasteiger partial charge is 0.274 e. The third-order valence-corrected chi connectivity index (χ3v) is 4.01. The highest BCUT2D eigenvalue weighted by molar-refractivity contribution is 5.92. The molecule has 1 aromatic rings. The lowest BCUT2D eigenvalue weighted by molar-refractivity contribution is 0.0750. The Morgan fingerprint density at radius 2 is 2.04 bits per heavy atom. The van der Waals surface area contributed by atoms with E-state index in [0.29, 0.717) is 25.4 Å². The molecule has 1 aromatic heterocycles. The standard InChI is InChI=1S/C16H26N4O3/c1-3-7-20-15(21)6-5-14(17-20)16(22)19-9-4-8-18(10-11-19)12-13-23-2/h5-6H,3-4,7-13H2,1-2H3. The van der Waals surface area contributed by atoms with Crippen molar-refractivity contribution in [2.45, 2.75) is 26.3 Å². The Morgan fingerprint density at radius 1 is 1.22 bits per heavy atom. The molecule has 7 heteroatoms. The van der Waals surface area contributed by atoms with Gasteiger partial charge in [-0.3, -0.25) is 14.5 Å². The van der Waals surface area contributed by atoms with E-state index < -0.39 is 0 Å². The molecule has 0 aliphatic carbocycles. The summed E-state index contributed by atoms with van der Waals surface area (Å²) in [4.78, 5) is 28.5. The molecule has 0 bridgehead atoms. The molecule has 0 saturated carbocycles. The number of hydrogen-bond donors (Lipinski definition) is 0. The summed E-state index contributed by atoms with van der Waals surface area (Å²) in [5, 5.41) is 4.22. The summed E-state index contributed by atoms with van der Waals surface area (Å²) < 4.78 is 6.48. The van der Waals surface area contributed by atoms with Crippen LogP contribution in [-0.4, -0.2) is 71.9 Å². The van der Waals surface area contributed by atoms with E-state index >= 15 is 0 Å². The lowest BCUT2D eigenvalue weighted by Gasteiger charge is -2.21. The van der Waals surface area contributed by atoms with Gasteiger partial charge in [0.2, 0.25) is 0 Å². The first-order valence-electron chi connectivity index (χ1n) is 8.24. The van der Waals surface area contributed by atoms with Gasteiger partial charge in [-0.15, -0.1) is 0 Å². The molecule has 1 aliphatic rings. The topological polar surface area (TPSA) is 67.7 Å². The number of rotatable bonds is 6. The molecular weight excluding hydrogens is 296 g/mol. The summed E-state index contributed by atoms with van der Waals surface area (Å²) in [6.45, 7) is 7.31. The van der Waals surface area contributed by atoms with Gasteiger partial charge in [-0.2, -0.15) is 5.10 Å². The van der Waals surface area contributed by atoms with Crippen LogP contribution in [0.3, 0.4) is 0 Å². The molecule has 2 heterocycles. The minimum Gasteiger partial charge on any atom is -0.383 e. The molecule has 0 unspecified atom stereocenters. The lowest BCUT2D eigenvalue weighted by atomic mass is 10.3. The van der Waals surface area contributed by atoms with Gasteiger partial charge in [-0.25, -0.2) is 4.68 Å². The van der Waals surface area contributed by atoms with Gasteiger partial charge in [0.25, 0.3) is 11.5 Å². The zero-order chi connectivity index (χ0) is 16.7. The fourth-order valence-electron chi connectivity index (χ4n) is 2.71. The molecule has 0 radical (unpaired) electrons. The van der Waals surface area contributed by atoms with Gasteiger partial charge in [-0.05, 0) is 25.5 Å². The van der Waals surface area contributed by atoms with Crippen LogP contribution in [0.5, 0.6) is 0 Å². The first kappa shape index (κ1) is 17.6. The lowest BCUT2D eigenvalue weighted by Crippen LogP contribution is -2.37. The van der Waals surface area contributed by atoms with Crippen molar-refractivity contribution in [3.63, 3.8) is 0 Å². The predicted octanol–water partition coefficient (Wildman–Crippen LogP) is 0.448. The number of amides is 1. The highest BCUT2D eigenvalue weighted by Crippen LogP contribution is 2.07. The molecule has 7 nitrogen and oxygen atoms in total. The van der Waals surface area contributed by atoms with Crippen LogP contribution < -0.4 is 5.56 Å². The van der Waals surface area contributed by atoms with Crippen molar-refractivity contribution in [2.75, 3.05) is 46.4 Å². The quantitative estimate of drug-likeness (QED) is 0.760. The molecule has 2 rings (SSSR count). The van der Waals surface area contributed by atoms with Crippen LogP contribution >= 0.6 is 0 Å². The summed E-state index contributed by atoms with van der Waals surface area (Å²) >= 11 is 0. The average molecular weight is 322 g/mol. The third kappa shape index (κ3) is 4.87. The number of ether oxygens (including phenoxy) is 1. The molecule has 128 valence electrons. The van der Waals surface area contributed by atoms with Crippen molar-refractivity contribution in [3.8, 4) is 0 Å². The molecule has 0 atom stereocenters. The van der Waals surface area contributed by atoms with Gasteiger partial charge < -0.3 is 9.64 Å². The summed E-state index contributed by atoms with van der Waals surface area (Å²) in [6, 6.07) is 2.96. The van der Waals surface area contributed by atoms with Crippen LogP contribution in [0, 0.1) is 0 Å². The van der Waals surface area contributed by atoms with E-state index in [1.54, 1.807) is 7.11 Å². The molecule has 1 saturated heterocycles. The number of carbonyl (C=O) groups is 1. The average Bonchev–Trinajstić information content (AvgIpc) is 2.80. The number of carbonyl (C=O) groups excluding carboxylic acids is 1. The maximum absolute atomic E-state index is 12.6. The predicted molar refractivity (Wildman–Crippen MR) is 87.6 cm³/mol. The Balaban J connectivity index is 2.02. The van der Waals surface area contributed by atoms with E-state index in [2.05, 4.69) is 10.00 Å². The molecular formula is C16H26N4O3. The first-order valence-corrected chi connectivity index (χ1v) is 8.24. The van der Waals surface area contributed by atoms with Crippen molar-refractivity contribution in [1.82, 2.24) is 19.6 Å². The highest BCUT2D eigenvalue weighted by Gasteiger charge is 2.21. The minimum atomic E-state index is -0.162.